The van der Waals surface area contributed by atoms with Gasteiger partial charge in [0, 0.05) is 5.92 Å². The Balaban J connectivity index is 1.51. The molecule has 3 aliphatic carbocycles. The van der Waals surface area contributed by atoms with Gasteiger partial charge in [-0.1, -0.05) is 67.6 Å². The van der Waals surface area contributed by atoms with Crippen LogP contribution in [-0.2, 0) is 12.8 Å². The van der Waals surface area contributed by atoms with Gasteiger partial charge in [-0.3, -0.25) is 0 Å². The van der Waals surface area contributed by atoms with Crippen LogP contribution in [0.25, 0.3) is 12.2 Å². The van der Waals surface area contributed by atoms with Gasteiger partial charge in [0.15, 0.2) is 0 Å². The summed E-state index contributed by atoms with van der Waals surface area (Å²) in [4.78, 5) is 0. The SMILES string of the molecule is CC(C1C=Cc2ccccc21)C1CCc2cc3c(cc21)C=CC3. The lowest BCUT2D eigenvalue weighted by molar-refractivity contribution is 0.421. The molecule has 0 aromatic heterocycles. The molecule has 3 unspecified atom stereocenters. The van der Waals surface area contributed by atoms with E-state index in [0.717, 1.165) is 6.42 Å². The summed E-state index contributed by atoms with van der Waals surface area (Å²) >= 11 is 0. The van der Waals surface area contributed by atoms with E-state index in [0.29, 0.717) is 17.8 Å². The summed E-state index contributed by atoms with van der Waals surface area (Å²) in [5.41, 5.74) is 9.17. The van der Waals surface area contributed by atoms with Gasteiger partial charge in [0.2, 0.25) is 0 Å². The summed E-state index contributed by atoms with van der Waals surface area (Å²) in [5.74, 6) is 1.94. The average molecular weight is 298 g/mol. The minimum atomic E-state index is 0.575. The van der Waals surface area contributed by atoms with Crippen LogP contribution in [0.4, 0.5) is 0 Å². The van der Waals surface area contributed by atoms with E-state index in [-0.39, 0.29) is 0 Å². The van der Waals surface area contributed by atoms with Crippen molar-refractivity contribution in [3.05, 3.63) is 81.9 Å². The summed E-state index contributed by atoms with van der Waals surface area (Å²) < 4.78 is 0. The molecule has 0 N–H and O–H groups in total. The zero-order valence-electron chi connectivity index (χ0n) is 13.6. The average Bonchev–Trinajstić information content (AvgIpc) is 3.29. The van der Waals surface area contributed by atoms with E-state index < -0.39 is 0 Å². The quantitative estimate of drug-likeness (QED) is 0.664. The van der Waals surface area contributed by atoms with Gasteiger partial charge in [0.25, 0.3) is 0 Å². The highest BCUT2D eigenvalue weighted by Gasteiger charge is 2.34. The summed E-state index contributed by atoms with van der Waals surface area (Å²) in [6.45, 7) is 2.46. The van der Waals surface area contributed by atoms with Crippen molar-refractivity contribution in [3.63, 3.8) is 0 Å². The van der Waals surface area contributed by atoms with Crippen molar-refractivity contribution in [2.45, 2.75) is 38.0 Å². The Labute approximate surface area is 138 Å². The monoisotopic (exact) mass is 298 g/mol. The van der Waals surface area contributed by atoms with Gasteiger partial charge in [-0.25, -0.2) is 0 Å². The van der Waals surface area contributed by atoms with Crippen molar-refractivity contribution in [2.24, 2.45) is 5.92 Å². The number of aryl methyl sites for hydroxylation is 1. The summed E-state index contributed by atoms with van der Waals surface area (Å²) in [6, 6.07) is 13.9. The molecule has 0 bridgehead atoms. The van der Waals surface area contributed by atoms with Crippen LogP contribution in [0.2, 0.25) is 0 Å². The van der Waals surface area contributed by atoms with Crippen molar-refractivity contribution in [3.8, 4) is 0 Å². The zero-order chi connectivity index (χ0) is 15.4. The molecule has 0 heteroatoms. The smallest absolute Gasteiger partial charge is 0.00587 e. The third-order valence-electron chi connectivity index (χ3n) is 6.20. The van der Waals surface area contributed by atoms with Gasteiger partial charge >= 0.3 is 0 Å². The summed E-state index contributed by atoms with van der Waals surface area (Å²) in [7, 11) is 0. The van der Waals surface area contributed by atoms with Gasteiger partial charge in [0.1, 0.15) is 0 Å². The molecule has 0 heterocycles. The number of benzene rings is 2. The first-order valence-corrected chi connectivity index (χ1v) is 8.90. The normalized spacial score (nSPS) is 24.6. The first-order chi connectivity index (χ1) is 11.3. The summed E-state index contributed by atoms with van der Waals surface area (Å²) in [6.07, 6.45) is 13.1. The minimum absolute atomic E-state index is 0.575. The van der Waals surface area contributed by atoms with E-state index in [9.17, 15) is 0 Å². The first-order valence-electron chi connectivity index (χ1n) is 8.90. The number of hydrogen-bond donors (Lipinski definition) is 0. The predicted molar refractivity (Wildman–Crippen MR) is 97.6 cm³/mol. The van der Waals surface area contributed by atoms with E-state index in [1.54, 1.807) is 11.1 Å². The van der Waals surface area contributed by atoms with Crippen molar-refractivity contribution in [2.75, 3.05) is 0 Å². The fourth-order valence-corrected chi connectivity index (χ4v) is 4.94. The molecule has 0 aliphatic heterocycles. The largest absolute Gasteiger partial charge is 0.0795 e. The van der Waals surface area contributed by atoms with Crippen molar-refractivity contribution in [1.82, 2.24) is 0 Å². The Morgan fingerprint density at radius 1 is 0.957 bits per heavy atom. The first kappa shape index (κ1) is 13.4. The maximum atomic E-state index is 2.49. The van der Waals surface area contributed by atoms with Crippen LogP contribution < -0.4 is 0 Å². The molecular weight excluding hydrogens is 276 g/mol. The molecular formula is C23H22. The highest BCUT2D eigenvalue weighted by molar-refractivity contribution is 5.64. The Hall–Kier alpha value is -2.08. The lowest BCUT2D eigenvalue weighted by Gasteiger charge is -2.27. The van der Waals surface area contributed by atoms with Crippen molar-refractivity contribution in [1.29, 1.82) is 0 Å². The second-order valence-electron chi connectivity index (χ2n) is 7.37. The van der Waals surface area contributed by atoms with Crippen molar-refractivity contribution >= 4 is 12.2 Å². The number of rotatable bonds is 2. The fourth-order valence-electron chi connectivity index (χ4n) is 4.94. The van der Waals surface area contributed by atoms with Crippen LogP contribution in [-0.4, -0.2) is 0 Å². The molecule has 2 aromatic carbocycles. The van der Waals surface area contributed by atoms with Gasteiger partial charge in [-0.05, 0) is 64.5 Å². The maximum Gasteiger partial charge on any atom is 0.00587 e. The van der Waals surface area contributed by atoms with Crippen LogP contribution in [0.15, 0.2) is 48.6 Å². The molecule has 3 aliphatic rings. The van der Waals surface area contributed by atoms with E-state index in [1.807, 2.05) is 0 Å². The third-order valence-corrected chi connectivity index (χ3v) is 6.20. The second-order valence-corrected chi connectivity index (χ2v) is 7.37. The van der Waals surface area contributed by atoms with E-state index in [1.165, 1.54) is 35.1 Å². The van der Waals surface area contributed by atoms with E-state index in [2.05, 4.69) is 67.6 Å². The Morgan fingerprint density at radius 3 is 2.83 bits per heavy atom. The lowest BCUT2D eigenvalue weighted by Crippen LogP contribution is -2.14. The van der Waals surface area contributed by atoms with Gasteiger partial charge in [-0.2, -0.15) is 0 Å². The number of allylic oxidation sites excluding steroid dienone is 2. The lowest BCUT2D eigenvalue weighted by atomic mass is 9.77. The molecule has 0 radical (unpaired) electrons. The number of hydrogen-bond acceptors (Lipinski definition) is 0. The second kappa shape index (κ2) is 4.96. The molecule has 0 fully saturated rings. The highest BCUT2D eigenvalue weighted by Crippen LogP contribution is 2.47. The molecule has 0 saturated carbocycles. The van der Waals surface area contributed by atoms with E-state index in [4.69, 9.17) is 0 Å². The molecule has 0 nitrogen and oxygen atoms in total. The zero-order valence-corrected chi connectivity index (χ0v) is 13.6. The van der Waals surface area contributed by atoms with Gasteiger partial charge in [0.05, 0.1) is 0 Å². The fraction of sp³-hybridized carbons (Fsp3) is 0.304. The molecule has 23 heavy (non-hydrogen) atoms. The third kappa shape index (κ3) is 1.97. The molecule has 0 saturated heterocycles. The van der Waals surface area contributed by atoms with Gasteiger partial charge in [-0.15, -0.1) is 0 Å². The Bertz CT molecular complexity index is 837. The topological polar surface area (TPSA) is 0 Å². The van der Waals surface area contributed by atoms with E-state index >= 15 is 0 Å². The van der Waals surface area contributed by atoms with Crippen LogP contribution in [0.1, 0.15) is 58.6 Å². The molecule has 0 spiro atoms. The van der Waals surface area contributed by atoms with Gasteiger partial charge < -0.3 is 0 Å². The molecule has 2 aromatic rings. The standard InChI is InChI=1S/C23H22/c1-15(20-11-9-16-5-2-3-8-22(16)20)21-12-10-19-13-17-6-4-7-18(17)14-23(19)21/h2-5,7-9,11,13-15,20-21H,6,10,12H2,1H3. The predicted octanol–water partition coefficient (Wildman–Crippen LogP) is 5.73. The maximum absolute atomic E-state index is 2.49. The highest BCUT2D eigenvalue weighted by atomic mass is 14.4. The molecule has 3 atom stereocenters. The van der Waals surface area contributed by atoms with Crippen LogP contribution in [0.5, 0.6) is 0 Å². The molecule has 114 valence electrons. The van der Waals surface area contributed by atoms with Crippen LogP contribution in [0, 0.1) is 5.92 Å². The summed E-state index contributed by atoms with van der Waals surface area (Å²) in [5, 5.41) is 0. The minimum Gasteiger partial charge on any atom is -0.0795 e. The number of fused-ring (bicyclic) bond motifs is 3. The Morgan fingerprint density at radius 2 is 1.87 bits per heavy atom. The van der Waals surface area contributed by atoms with Crippen LogP contribution >= 0.6 is 0 Å². The van der Waals surface area contributed by atoms with Crippen LogP contribution in [0.3, 0.4) is 0 Å². The van der Waals surface area contributed by atoms with Crippen molar-refractivity contribution < 1.29 is 0 Å². The molecule has 5 rings (SSSR count). The molecule has 0 amide bonds. The Kier molecular flexibility index (Phi) is 2.88.